The minimum Gasteiger partial charge on any atom is -0.496 e. The van der Waals surface area contributed by atoms with Gasteiger partial charge in [-0.1, -0.05) is 18.2 Å². The predicted molar refractivity (Wildman–Crippen MR) is 83.6 cm³/mol. The van der Waals surface area contributed by atoms with Crippen molar-refractivity contribution in [2.24, 2.45) is 0 Å². The fourth-order valence-electron chi connectivity index (χ4n) is 2.69. The average molecular weight is 305 g/mol. The smallest absolute Gasteiger partial charge is 0.242 e. The van der Waals surface area contributed by atoms with Gasteiger partial charge in [-0.15, -0.1) is 0 Å². The zero-order valence-corrected chi connectivity index (χ0v) is 13.3. The van der Waals surface area contributed by atoms with Gasteiger partial charge in [0.25, 0.3) is 0 Å². The Balaban J connectivity index is 2.11. The number of rotatable bonds is 4. The molecule has 1 aromatic carbocycles. The molecule has 1 unspecified atom stereocenters. The highest BCUT2D eigenvalue weighted by Crippen LogP contribution is 2.31. The first-order chi connectivity index (χ1) is 10.5. The second-order valence-electron chi connectivity index (χ2n) is 5.49. The lowest BCUT2D eigenvalue weighted by Crippen LogP contribution is -2.51. The lowest BCUT2D eigenvalue weighted by molar-refractivity contribution is -0.134. The normalized spacial score (nSPS) is 18.9. The van der Waals surface area contributed by atoms with Crippen LogP contribution in [0.5, 0.6) is 5.75 Å². The van der Waals surface area contributed by atoms with Crippen molar-refractivity contribution in [2.45, 2.75) is 13.0 Å². The van der Waals surface area contributed by atoms with Crippen LogP contribution in [0.15, 0.2) is 24.3 Å². The molecule has 1 heterocycles. The minimum atomic E-state index is -0.191. The van der Waals surface area contributed by atoms with Crippen LogP contribution in [0, 0.1) is 0 Å². The first kappa shape index (κ1) is 16.3. The van der Waals surface area contributed by atoms with Gasteiger partial charge in [-0.25, -0.2) is 0 Å². The van der Waals surface area contributed by atoms with Crippen LogP contribution in [-0.2, 0) is 9.59 Å². The van der Waals surface area contributed by atoms with Crippen LogP contribution in [0.3, 0.4) is 0 Å². The van der Waals surface area contributed by atoms with Crippen LogP contribution in [0.25, 0.3) is 0 Å². The number of likely N-dealkylation sites (N-methyl/N-ethyl adjacent to an activating group) is 1. The number of piperazine rings is 1. The predicted octanol–water partition coefficient (Wildman–Crippen LogP) is 0.646. The third kappa shape index (κ3) is 3.76. The van der Waals surface area contributed by atoms with Gasteiger partial charge in [0.15, 0.2) is 0 Å². The largest absolute Gasteiger partial charge is 0.496 e. The van der Waals surface area contributed by atoms with Gasteiger partial charge in [0.2, 0.25) is 11.8 Å². The molecule has 0 bridgehead atoms. The Morgan fingerprint density at radius 1 is 1.32 bits per heavy atom. The number of ether oxygens (including phenoxy) is 1. The van der Waals surface area contributed by atoms with Crippen molar-refractivity contribution in [3.63, 3.8) is 0 Å². The molecule has 1 aliphatic heterocycles. The van der Waals surface area contributed by atoms with E-state index < -0.39 is 0 Å². The van der Waals surface area contributed by atoms with E-state index in [0.29, 0.717) is 13.1 Å². The number of amides is 2. The summed E-state index contributed by atoms with van der Waals surface area (Å²) in [6, 6.07) is 7.96. The molecule has 1 N–H and O–H groups in total. The molecular weight excluding hydrogens is 282 g/mol. The molecule has 0 aromatic heterocycles. The summed E-state index contributed by atoms with van der Waals surface area (Å²) < 4.78 is 5.43. The molecule has 1 aromatic rings. The molecule has 0 spiro atoms. The second kappa shape index (κ2) is 7.26. The molecule has 1 aliphatic rings. The van der Waals surface area contributed by atoms with E-state index in [2.05, 4.69) is 10.2 Å². The molecule has 0 aliphatic carbocycles. The SMILES string of the molecule is COc1ccccc1C1CN(C(=O)CNC(C)=O)CCN1C. The zero-order valence-electron chi connectivity index (χ0n) is 13.3. The Morgan fingerprint density at radius 3 is 2.73 bits per heavy atom. The van der Waals surface area contributed by atoms with Gasteiger partial charge in [0, 0.05) is 32.1 Å². The summed E-state index contributed by atoms with van der Waals surface area (Å²) in [6.45, 7) is 3.51. The van der Waals surface area contributed by atoms with Crippen LogP contribution in [-0.4, -0.2) is 62.0 Å². The molecule has 22 heavy (non-hydrogen) atoms. The van der Waals surface area contributed by atoms with Crippen LogP contribution in [0.1, 0.15) is 18.5 Å². The molecule has 6 heteroatoms. The van der Waals surface area contributed by atoms with E-state index in [1.165, 1.54) is 6.92 Å². The van der Waals surface area contributed by atoms with Gasteiger partial charge in [-0.2, -0.15) is 0 Å². The lowest BCUT2D eigenvalue weighted by Gasteiger charge is -2.40. The van der Waals surface area contributed by atoms with Crippen LogP contribution in [0.4, 0.5) is 0 Å². The molecule has 1 saturated heterocycles. The summed E-state index contributed by atoms with van der Waals surface area (Å²) in [6.07, 6.45) is 0. The van der Waals surface area contributed by atoms with Gasteiger partial charge < -0.3 is 15.0 Å². The second-order valence-corrected chi connectivity index (χ2v) is 5.49. The van der Waals surface area contributed by atoms with Gasteiger partial charge >= 0.3 is 0 Å². The summed E-state index contributed by atoms with van der Waals surface area (Å²) in [4.78, 5) is 27.2. The third-order valence-electron chi connectivity index (χ3n) is 3.99. The van der Waals surface area contributed by atoms with E-state index >= 15 is 0 Å². The van der Waals surface area contributed by atoms with E-state index in [1.807, 2.05) is 31.3 Å². The average Bonchev–Trinajstić information content (AvgIpc) is 2.53. The van der Waals surface area contributed by atoms with E-state index in [1.54, 1.807) is 12.0 Å². The number of nitrogens with one attached hydrogen (secondary N) is 1. The Hall–Kier alpha value is -2.08. The molecule has 6 nitrogen and oxygen atoms in total. The van der Waals surface area contributed by atoms with Crippen molar-refractivity contribution in [3.8, 4) is 5.75 Å². The van der Waals surface area contributed by atoms with Crippen molar-refractivity contribution >= 4 is 11.8 Å². The summed E-state index contributed by atoms with van der Waals surface area (Å²) in [5, 5.41) is 2.56. The van der Waals surface area contributed by atoms with E-state index in [9.17, 15) is 9.59 Å². The minimum absolute atomic E-state index is 0.0526. The van der Waals surface area contributed by atoms with Crippen molar-refractivity contribution in [1.82, 2.24) is 15.1 Å². The summed E-state index contributed by atoms with van der Waals surface area (Å²) in [5.41, 5.74) is 1.07. The van der Waals surface area contributed by atoms with Crippen LogP contribution < -0.4 is 10.1 Å². The number of nitrogens with zero attached hydrogens (tertiary/aromatic N) is 2. The maximum Gasteiger partial charge on any atom is 0.242 e. The van der Waals surface area contributed by atoms with E-state index in [0.717, 1.165) is 17.9 Å². The number of hydrogen-bond acceptors (Lipinski definition) is 4. The number of hydrogen-bond donors (Lipinski definition) is 1. The van der Waals surface area contributed by atoms with Crippen molar-refractivity contribution in [3.05, 3.63) is 29.8 Å². The van der Waals surface area contributed by atoms with Crippen molar-refractivity contribution < 1.29 is 14.3 Å². The first-order valence-electron chi connectivity index (χ1n) is 7.38. The highest BCUT2D eigenvalue weighted by Gasteiger charge is 2.29. The molecule has 0 radical (unpaired) electrons. The topological polar surface area (TPSA) is 61.9 Å². The maximum absolute atomic E-state index is 12.2. The summed E-state index contributed by atoms with van der Waals surface area (Å²) >= 11 is 0. The first-order valence-corrected chi connectivity index (χ1v) is 7.38. The van der Waals surface area contributed by atoms with E-state index in [4.69, 9.17) is 4.74 Å². The summed E-state index contributed by atoms with van der Waals surface area (Å²) in [5.74, 6) is 0.586. The van der Waals surface area contributed by atoms with Crippen molar-refractivity contribution in [1.29, 1.82) is 0 Å². The summed E-state index contributed by atoms with van der Waals surface area (Å²) in [7, 11) is 3.70. The zero-order chi connectivity index (χ0) is 16.1. The quantitative estimate of drug-likeness (QED) is 0.887. The fraction of sp³-hybridized carbons (Fsp3) is 0.500. The number of carbonyl (C=O) groups is 2. The number of carbonyl (C=O) groups excluding carboxylic acids is 2. The molecule has 2 amide bonds. The fourth-order valence-corrected chi connectivity index (χ4v) is 2.69. The number of methoxy groups -OCH3 is 1. The number of para-hydroxylation sites is 1. The Bertz CT molecular complexity index is 547. The number of benzene rings is 1. The van der Waals surface area contributed by atoms with Gasteiger partial charge in [-0.05, 0) is 13.1 Å². The Labute approximate surface area is 131 Å². The van der Waals surface area contributed by atoms with Crippen LogP contribution in [0.2, 0.25) is 0 Å². The molecular formula is C16H23N3O3. The maximum atomic E-state index is 12.2. The molecule has 1 atom stereocenters. The van der Waals surface area contributed by atoms with Gasteiger partial charge in [0.1, 0.15) is 5.75 Å². The van der Waals surface area contributed by atoms with Crippen molar-refractivity contribution in [2.75, 3.05) is 40.3 Å². The van der Waals surface area contributed by atoms with Crippen LogP contribution >= 0.6 is 0 Å². The molecule has 0 saturated carbocycles. The monoisotopic (exact) mass is 305 g/mol. The lowest BCUT2D eigenvalue weighted by atomic mass is 10.0. The molecule has 1 fully saturated rings. The van der Waals surface area contributed by atoms with Gasteiger partial charge in [-0.3, -0.25) is 14.5 Å². The standard InChI is InChI=1S/C16H23N3O3/c1-12(20)17-10-16(21)19-9-8-18(2)14(11-19)13-6-4-5-7-15(13)22-3/h4-7,14H,8-11H2,1-3H3,(H,17,20). The van der Waals surface area contributed by atoms with Gasteiger partial charge in [0.05, 0.1) is 19.7 Å². The highest BCUT2D eigenvalue weighted by atomic mass is 16.5. The molecule has 120 valence electrons. The third-order valence-corrected chi connectivity index (χ3v) is 3.99. The Kier molecular flexibility index (Phi) is 5.38. The Morgan fingerprint density at radius 2 is 2.05 bits per heavy atom. The highest BCUT2D eigenvalue weighted by molar-refractivity contribution is 5.83. The van der Waals surface area contributed by atoms with E-state index in [-0.39, 0.29) is 24.4 Å². The molecule has 2 rings (SSSR count).